The standard InChI is InChI=1S/C26H30N4O3S/c1-3-4-16-30(22-9-7-8-20(17-22)26(27)28)18-25(31)29-21-14-12-19(13-15-21)23-10-5-6-11-24(23)34(2,32)33/h5-15,17H,3-4,16,18H2,1-2H3,(H3,27,28)(H,29,31). The van der Waals surface area contributed by atoms with Gasteiger partial charge in [0.15, 0.2) is 9.84 Å². The van der Waals surface area contributed by atoms with Gasteiger partial charge in [0, 0.05) is 35.3 Å². The van der Waals surface area contributed by atoms with Crippen LogP contribution in [0, 0.1) is 5.41 Å². The van der Waals surface area contributed by atoms with E-state index in [1.165, 1.54) is 6.26 Å². The van der Waals surface area contributed by atoms with E-state index in [0.29, 0.717) is 23.4 Å². The van der Waals surface area contributed by atoms with Crippen molar-refractivity contribution in [3.8, 4) is 11.1 Å². The Morgan fingerprint density at radius 1 is 1.03 bits per heavy atom. The number of rotatable bonds is 10. The van der Waals surface area contributed by atoms with Gasteiger partial charge in [0.05, 0.1) is 11.4 Å². The fourth-order valence-corrected chi connectivity index (χ4v) is 4.57. The minimum Gasteiger partial charge on any atom is -0.384 e. The van der Waals surface area contributed by atoms with Crippen LogP contribution in [0.3, 0.4) is 0 Å². The highest BCUT2D eigenvalue weighted by molar-refractivity contribution is 7.90. The van der Waals surface area contributed by atoms with Crippen molar-refractivity contribution in [1.29, 1.82) is 5.41 Å². The van der Waals surface area contributed by atoms with E-state index in [2.05, 4.69) is 12.2 Å². The van der Waals surface area contributed by atoms with Crippen LogP contribution in [-0.2, 0) is 14.6 Å². The van der Waals surface area contributed by atoms with Crippen LogP contribution in [0.15, 0.2) is 77.7 Å². The molecule has 0 saturated heterocycles. The molecule has 0 aliphatic carbocycles. The van der Waals surface area contributed by atoms with Crippen LogP contribution in [0.4, 0.5) is 11.4 Å². The average molecular weight is 479 g/mol. The lowest BCUT2D eigenvalue weighted by Gasteiger charge is -2.24. The molecule has 34 heavy (non-hydrogen) atoms. The maximum Gasteiger partial charge on any atom is 0.243 e. The van der Waals surface area contributed by atoms with Crippen LogP contribution < -0.4 is 16.0 Å². The lowest BCUT2D eigenvalue weighted by atomic mass is 10.1. The molecule has 4 N–H and O–H groups in total. The van der Waals surface area contributed by atoms with Gasteiger partial charge in [-0.25, -0.2) is 8.42 Å². The van der Waals surface area contributed by atoms with Crippen LogP contribution in [-0.4, -0.2) is 39.5 Å². The van der Waals surface area contributed by atoms with Gasteiger partial charge in [-0.15, -0.1) is 0 Å². The Hall–Kier alpha value is -3.65. The summed E-state index contributed by atoms with van der Waals surface area (Å²) in [5.41, 5.74) is 9.08. The molecule has 0 fully saturated rings. The number of hydrogen-bond donors (Lipinski definition) is 3. The second kappa shape index (κ2) is 11.0. The third-order valence-electron chi connectivity index (χ3n) is 5.40. The molecule has 0 bridgehead atoms. The van der Waals surface area contributed by atoms with E-state index >= 15 is 0 Å². The summed E-state index contributed by atoms with van der Waals surface area (Å²) in [5, 5.41) is 10.6. The van der Waals surface area contributed by atoms with Crippen molar-refractivity contribution < 1.29 is 13.2 Å². The highest BCUT2D eigenvalue weighted by atomic mass is 32.2. The molecule has 0 aliphatic rings. The number of carbonyl (C=O) groups excluding carboxylic acids is 1. The van der Waals surface area contributed by atoms with Crippen molar-refractivity contribution in [2.45, 2.75) is 24.7 Å². The molecule has 0 atom stereocenters. The van der Waals surface area contributed by atoms with E-state index in [1.54, 1.807) is 54.6 Å². The molecule has 0 radical (unpaired) electrons. The Balaban J connectivity index is 1.75. The molecule has 1 amide bonds. The topological polar surface area (TPSA) is 116 Å². The molecular formula is C26H30N4O3S. The zero-order chi connectivity index (χ0) is 24.7. The maximum absolute atomic E-state index is 12.8. The summed E-state index contributed by atoms with van der Waals surface area (Å²) in [5.74, 6) is -0.187. The third kappa shape index (κ3) is 6.45. The summed E-state index contributed by atoms with van der Waals surface area (Å²) in [6, 6.07) is 21.3. The fraction of sp³-hybridized carbons (Fsp3) is 0.231. The number of benzene rings is 3. The molecule has 3 aromatic carbocycles. The number of nitrogens with two attached hydrogens (primary N) is 1. The first kappa shape index (κ1) is 25.0. The number of amidine groups is 1. The number of amides is 1. The SMILES string of the molecule is CCCCN(CC(=O)Nc1ccc(-c2ccccc2S(C)(=O)=O)cc1)c1cccc(C(=N)N)c1. The van der Waals surface area contributed by atoms with E-state index in [-0.39, 0.29) is 23.2 Å². The van der Waals surface area contributed by atoms with Crippen LogP contribution in [0.1, 0.15) is 25.3 Å². The molecule has 3 aromatic rings. The van der Waals surface area contributed by atoms with Gasteiger partial charge in [-0.1, -0.05) is 55.8 Å². The van der Waals surface area contributed by atoms with Crippen LogP contribution in [0.5, 0.6) is 0 Å². The number of nitrogens with one attached hydrogen (secondary N) is 2. The summed E-state index contributed by atoms with van der Waals surface area (Å²) in [7, 11) is -3.36. The quantitative estimate of drug-likeness (QED) is 0.297. The largest absolute Gasteiger partial charge is 0.384 e. The smallest absolute Gasteiger partial charge is 0.243 e. The molecule has 3 rings (SSSR count). The Kier molecular flexibility index (Phi) is 8.07. The van der Waals surface area contributed by atoms with E-state index < -0.39 is 9.84 Å². The van der Waals surface area contributed by atoms with Crippen molar-refractivity contribution in [1.82, 2.24) is 0 Å². The fourth-order valence-electron chi connectivity index (χ4n) is 3.65. The number of nitrogen functional groups attached to an aromatic ring is 1. The van der Waals surface area contributed by atoms with Gasteiger partial charge in [0.1, 0.15) is 5.84 Å². The van der Waals surface area contributed by atoms with Gasteiger partial charge in [-0.2, -0.15) is 0 Å². The van der Waals surface area contributed by atoms with E-state index in [4.69, 9.17) is 11.1 Å². The molecule has 7 nitrogen and oxygen atoms in total. The van der Waals surface area contributed by atoms with Gasteiger partial charge < -0.3 is 16.0 Å². The maximum atomic E-state index is 12.8. The second-order valence-electron chi connectivity index (χ2n) is 8.13. The minimum absolute atomic E-state index is 0.0146. The Morgan fingerprint density at radius 3 is 2.38 bits per heavy atom. The van der Waals surface area contributed by atoms with E-state index in [9.17, 15) is 13.2 Å². The zero-order valence-electron chi connectivity index (χ0n) is 19.4. The second-order valence-corrected chi connectivity index (χ2v) is 10.1. The van der Waals surface area contributed by atoms with Crippen molar-refractivity contribution >= 4 is 33.0 Å². The van der Waals surface area contributed by atoms with Crippen molar-refractivity contribution in [3.63, 3.8) is 0 Å². The summed E-state index contributed by atoms with van der Waals surface area (Å²) >= 11 is 0. The monoisotopic (exact) mass is 478 g/mol. The first-order chi connectivity index (χ1) is 16.2. The lowest BCUT2D eigenvalue weighted by Crippen LogP contribution is -2.34. The molecular weight excluding hydrogens is 448 g/mol. The van der Waals surface area contributed by atoms with Gasteiger partial charge in [0.2, 0.25) is 5.91 Å². The van der Waals surface area contributed by atoms with Crippen LogP contribution >= 0.6 is 0 Å². The Morgan fingerprint density at radius 2 is 1.74 bits per heavy atom. The molecule has 0 heterocycles. The van der Waals surface area contributed by atoms with Crippen LogP contribution in [0.25, 0.3) is 11.1 Å². The van der Waals surface area contributed by atoms with E-state index in [0.717, 1.165) is 24.1 Å². The number of sulfone groups is 1. The molecule has 0 unspecified atom stereocenters. The minimum atomic E-state index is -3.36. The highest BCUT2D eigenvalue weighted by Crippen LogP contribution is 2.28. The van der Waals surface area contributed by atoms with Gasteiger partial charge in [0.25, 0.3) is 0 Å². The first-order valence-electron chi connectivity index (χ1n) is 11.1. The highest BCUT2D eigenvalue weighted by Gasteiger charge is 2.15. The zero-order valence-corrected chi connectivity index (χ0v) is 20.2. The average Bonchev–Trinajstić information content (AvgIpc) is 2.81. The lowest BCUT2D eigenvalue weighted by molar-refractivity contribution is -0.115. The predicted octanol–water partition coefficient (Wildman–Crippen LogP) is 4.29. The molecule has 0 aromatic heterocycles. The van der Waals surface area contributed by atoms with Crippen molar-refractivity contribution in [3.05, 3.63) is 78.4 Å². The van der Waals surface area contributed by atoms with Gasteiger partial charge >= 0.3 is 0 Å². The summed E-state index contributed by atoms with van der Waals surface area (Å²) < 4.78 is 24.2. The summed E-state index contributed by atoms with van der Waals surface area (Å²) in [6.07, 6.45) is 3.10. The van der Waals surface area contributed by atoms with Crippen molar-refractivity contribution in [2.24, 2.45) is 5.73 Å². The van der Waals surface area contributed by atoms with Crippen molar-refractivity contribution in [2.75, 3.05) is 29.6 Å². The number of nitrogens with zero attached hydrogens (tertiary/aromatic N) is 1. The van der Waals surface area contributed by atoms with Crippen LogP contribution in [0.2, 0.25) is 0 Å². The number of anilines is 2. The predicted molar refractivity (Wildman–Crippen MR) is 138 cm³/mol. The molecule has 0 aliphatic heterocycles. The molecule has 8 heteroatoms. The third-order valence-corrected chi connectivity index (χ3v) is 6.56. The summed E-state index contributed by atoms with van der Waals surface area (Å²) in [4.78, 5) is 15.1. The summed E-state index contributed by atoms with van der Waals surface area (Å²) in [6.45, 7) is 2.94. The molecule has 0 saturated carbocycles. The number of hydrogen-bond acceptors (Lipinski definition) is 5. The number of carbonyl (C=O) groups is 1. The molecule has 0 spiro atoms. The Bertz CT molecular complexity index is 1270. The normalized spacial score (nSPS) is 11.1. The Labute approximate surface area is 201 Å². The molecule has 178 valence electrons. The number of unbranched alkanes of at least 4 members (excludes halogenated alkanes) is 1. The van der Waals surface area contributed by atoms with E-state index in [1.807, 2.05) is 23.1 Å². The van der Waals surface area contributed by atoms with Gasteiger partial charge in [-0.05, 0) is 42.3 Å². The first-order valence-corrected chi connectivity index (χ1v) is 13.0. The van der Waals surface area contributed by atoms with Gasteiger partial charge in [-0.3, -0.25) is 10.2 Å².